The van der Waals surface area contributed by atoms with Crippen molar-refractivity contribution in [2.24, 2.45) is 5.92 Å². The van der Waals surface area contributed by atoms with Crippen LogP contribution in [0.3, 0.4) is 0 Å². The van der Waals surface area contributed by atoms with Crippen LogP contribution in [0.2, 0.25) is 0 Å². The average Bonchev–Trinajstić information content (AvgIpc) is 3.64. The lowest BCUT2D eigenvalue weighted by Crippen LogP contribution is -2.49. The number of nitrogens with one attached hydrogen (secondary N) is 1. The number of thiophene rings is 1. The molecule has 0 radical (unpaired) electrons. The van der Waals surface area contributed by atoms with Gasteiger partial charge in [0.15, 0.2) is 0 Å². The van der Waals surface area contributed by atoms with Gasteiger partial charge in [-0.05, 0) is 75.3 Å². The Morgan fingerprint density at radius 3 is 2.55 bits per heavy atom. The van der Waals surface area contributed by atoms with Crippen molar-refractivity contribution < 1.29 is 9.59 Å². The molecule has 206 valence electrons. The molecule has 0 bridgehead atoms. The molecule has 38 heavy (non-hydrogen) atoms. The maximum atomic E-state index is 13.4. The Morgan fingerprint density at radius 1 is 1.18 bits per heavy atom. The molecule has 1 unspecified atom stereocenters. The third-order valence-electron chi connectivity index (χ3n) is 7.76. The molecule has 4 rings (SSSR count). The second-order valence-corrected chi connectivity index (χ2v) is 12.2. The number of likely N-dealkylation sites (tertiary alicyclic amines) is 1. The average molecular weight is 538 g/mol. The first-order valence-electron chi connectivity index (χ1n) is 14.0. The van der Waals surface area contributed by atoms with Crippen LogP contribution in [0, 0.1) is 5.92 Å². The normalized spacial score (nSPS) is 16.8. The van der Waals surface area contributed by atoms with Crippen LogP contribution in [0.25, 0.3) is 11.0 Å². The summed E-state index contributed by atoms with van der Waals surface area (Å²) in [4.78, 5) is 37.3. The second kappa shape index (κ2) is 12.4. The standard InChI is InChI=1S/C30H43N5O2S/c1-7-22(8-2)35-27-12-11-21(17-25(27)31-28(35)18-24-10-9-15-38-24)29(36)32-26(16-20(3)4)30(37)34-14-13-23(19-34)33(5)6/h9-12,15,17,20,22-23,26H,7-8,13-14,16,18-19H2,1-6H3,(H,32,36)/t23-,26?/m1/s1. The predicted octanol–water partition coefficient (Wildman–Crippen LogP) is 5.36. The van der Waals surface area contributed by atoms with E-state index in [2.05, 4.69) is 74.1 Å². The fraction of sp³-hybridized carbons (Fsp3) is 0.567. The second-order valence-electron chi connectivity index (χ2n) is 11.2. The van der Waals surface area contributed by atoms with Crippen molar-refractivity contribution in [1.29, 1.82) is 0 Å². The van der Waals surface area contributed by atoms with Gasteiger partial charge in [-0.1, -0.05) is 33.8 Å². The molecule has 3 heterocycles. The Balaban J connectivity index is 1.58. The molecule has 7 nitrogen and oxygen atoms in total. The lowest BCUT2D eigenvalue weighted by molar-refractivity contribution is -0.132. The van der Waals surface area contributed by atoms with Gasteiger partial charge in [-0.3, -0.25) is 9.59 Å². The van der Waals surface area contributed by atoms with Crippen LogP contribution in [0.5, 0.6) is 0 Å². The Kier molecular flexibility index (Phi) is 9.26. The fourth-order valence-corrected chi connectivity index (χ4v) is 6.26. The first-order chi connectivity index (χ1) is 18.2. The number of likely N-dealkylation sites (N-methyl/N-ethyl adjacent to an activating group) is 1. The minimum Gasteiger partial charge on any atom is -0.340 e. The van der Waals surface area contributed by atoms with E-state index in [0.29, 0.717) is 30.6 Å². The van der Waals surface area contributed by atoms with Gasteiger partial charge in [0, 0.05) is 42.0 Å². The number of hydrogen-bond acceptors (Lipinski definition) is 5. The van der Waals surface area contributed by atoms with Crippen LogP contribution in [0.1, 0.15) is 80.5 Å². The molecule has 1 aromatic carbocycles. The van der Waals surface area contributed by atoms with E-state index >= 15 is 0 Å². The van der Waals surface area contributed by atoms with Crippen molar-refractivity contribution in [2.75, 3.05) is 27.2 Å². The number of benzene rings is 1. The van der Waals surface area contributed by atoms with E-state index in [-0.39, 0.29) is 17.7 Å². The van der Waals surface area contributed by atoms with Crippen molar-refractivity contribution >= 4 is 34.2 Å². The van der Waals surface area contributed by atoms with Gasteiger partial charge in [0.2, 0.25) is 5.91 Å². The van der Waals surface area contributed by atoms with E-state index in [0.717, 1.165) is 49.1 Å². The van der Waals surface area contributed by atoms with E-state index in [9.17, 15) is 9.59 Å². The molecular formula is C30H43N5O2S. The third kappa shape index (κ3) is 6.29. The molecule has 1 saturated heterocycles. The summed E-state index contributed by atoms with van der Waals surface area (Å²) in [6, 6.07) is 10.2. The topological polar surface area (TPSA) is 70.5 Å². The molecule has 1 aliphatic rings. The third-order valence-corrected chi connectivity index (χ3v) is 8.64. The Morgan fingerprint density at radius 2 is 1.95 bits per heavy atom. The zero-order chi connectivity index (χ0) is 27.4. The van der Waals surface area contributed by atoms with Crippen molar-refractivity contribution in [3.63, 3.8) is 0 Å². The van der Waals surface area contributed by atoms with Crippen molar-refractivity contribution in [3.05, 3.63) is 52.0 Å². The maximum Gasteiger partial charge on any atom is 0.252 e. The molecule has 1 fully saturated rings. The highest BCUT2D eigenvalue weighted by Crippen LogP contribution is 2.28. The van der Waals surface area contributed by atoms with Gasteiger partial charge in [-0.15, -0.1) is 11.3 Å². The summed E-state index contributed by atoms with van der Waals surface area (Å²) in [6.07, 6.45) is 4.39. The monoisotopic (exact) mass is 537 g/mol. The summed E-state index contributed by atoms with van der Waals surface area (Å²) in [7, 11) is 4.11. The Labute approximate surface area is 231 Å². The van der Waals surface area contributed by atoms with Crippen molar-refractivity contribution in [1.82, 2.24) is 24.7 Å². The number of nitrogens with zero attached hydrogens (tertiary/aromatic N) is 4. The van der Waals surface area contributed by atoms with Crippen LogP contribution in [-0.4, -0.2) is 70.4 Å². The van der Waals surface area contributed by atoms with Crippen LogP contribution in [0.15, 0.2) is 35.7 Å². The van der Waals surface area contributed by atoms with Gasteiger partial charge < -0.3 is 19.7 Å². The quantitative estimate of drug-likeness (QED) is 0.358. The smallest absolute Gasteiger partial charge is 0.252 e. The Hall–Kier alpha value is -2.71. The summed E-state index contributed by atoms with van der Waals surface area (Å²) < 4.78 is 2.36. The van der Waals surface area contributed by atoms with E-state index in [1.54, 1.807) is 11.3 Å². The van der Waals surface area contributed by atoms with Crippen LogP contribution >= 0.6 is 11.3 Å². The maximum absolute atomic E-state index is 13.4. The molecule has 0 saturated carbocycles. The van der Waals surface area contributed by atoms with Gasteiger partial charge >= 0.3 is 0 Å². The molecule has 3 aromatic rings. The van der Waals surface area contributed by atoms with E-state index in [1.807, 2.05) is 23.1 Å². The number of carbonyl (C=O) groups excluding carboxylic acids is 2. The summed E-state index contributed by atoms with van der Waals surface area (Å²) in [5, 5.41) is 5.17. The van der Waals surface area contributed by atoms with Crippen molar-refractivity contribution in [2.45, 2.75) is 77.9 Å². The molecular weight excluding hydrogens is 494 g/mol. The SMILES string of the molecule is CCC(CC)n1c(Cc2cccs2)nc2cc(C(=O)NC(CC(C)C)C(=O)N3CC[C@@H](N(C)C)C3)ccc21. The van der Waals surface area contributed by atoms with E-state index in [1.165, 1.54) is 4.88 Å². The van der Waals surface area contributed by atoms with Crippen LogP contribution in [-0.2, 0) is 11.2 Å². The van der Waals surface area contributed by atoms with E-state index in [4.69, 9.17) is 4.98 Å². The van der Waals surface area contributed by atoms with Gasteiger partial charge in [-0.2, -0.15) is 0 Å². The molecule has 2 aromatic heterocycles. The largest absolute Gasteiger partial charge is 0.340 e. The lowest BCUT2D eigenvalue weighted by atomic mass is 10.0. The van der Waals surface area contributed by atoms with Gasteiger partial charge in [0.1, 0.15) is 11.9 Å². The zero-order valence-electron chi connectivity index (χ0n) is 23.7. The first kappa shape index (κ1) is 28.3. The molecule has 0 aliphatic carbocycles. The highest BCUT2D eigenvalue weighted by Gasteiger charge is 2.33. The number of aromatic nitrogens is 2. The minimum atomic E-state index is -0.532. The van der Waals surface area contributed by atoms with Gasteiger partial charge in [0.05, 0.1) is 11.0 Å². The minimum absolute atomic E-state index is 0.0220. The number of rotatable bonds is 11. The molecule has 1 aliphatic heterocycles. The first-order valence-corrected chi connectivity index (χ1v) is 14.9. The number of carbonyl (C=O) groups is 2. The highest BCUT2D eigenvalue weighted by molar-refractivity contribution is 7.09. The number of hydrogen-bond donors (Lipinski definition) is 1. The molecule has 2 atom stereocenters. The number of amides is 2. The lowest BCUT2D eigenvalue weighted by Gasteiger charge is -2.26. The highest BCUT2D eigenvalue weighted by atomic mass is 32.1. The van der Waals surface area contributed by atoms with Crippen LogP contribution < -0.4 is 5.32 Å². The molecule has 0 spiro atoms. The van der Waals surface area contributed by atoms with Crippen LogP contribution in [0.4, 0.5) is 0 Å². The summed E-state index contributed by atoms with van der Waals surface area (Å²) in [5.74, 6) is 1.13. The number of fused-ring (bicyclic) bond motifs is 1. The Bertz CT molecular complexity index is 1230. The van der Waals surface area contributed by atoms with Crippen molar-refractivity contribution in [3.8, 4) is 0 Å². The number of imidazole rings is 1. The summed E-state index contributed by atoms with van der Waals surface area (Å²) in [6.45, 7) is 10.0. The molecule has 1 N–H and O–H groups in total. The van der Waals surface area contributed by atoms with E-state index < -0.39 is 6.04 Å². The summed E-state index contributed by atoms with van der Waals surface area (Å²) in [5.41, 5.74) is 2.43. The molecule has 8 heteroatoms. The van der Waals surface area contributed by atoms with Gasteiger partial charge in [0.25, 0.3) is 5.91 Å². The summed E-state index contributed by atoms with van der Waals surface area (Å²) >= 11 is 1.74. The zero-order valence-corrected chi connectivity index (χ0v) is 24.6. The van der Waals surface area contributed by atoms with Gasteiger partial charge in [-0.25, -0.2) is 4.98 Å². The predicted molar refractivity (Wildman–Crippen MR) is 156 cm³/mol. The fourth-order valence-electron chi connectivity index (χ4n) is 5.56. The molecule has 2 amide bonds.